The molecule has 0 radical (unpaired) electrons. The Hall–Kier alpha value is -1.47. The summed E-state index contributed by atoms with van der Waals surface area (Å²) in [6.07, 6.45) is 3.27. The van der Waals surface area contributed by atoms with Gasteiger partial charge in [0, 0.05) is 6.07 Å². The summed E-state index contributed by atoms with van der Waals surface area (Å²) in [6, 6.07) is 1.26. The average molecular weight is 217 g/mol. The van der Waals surface area contributed by atoms with E-state index in [1.807, 2.05) is 0 Å². The van der Waals surface area contributed by atoms with Crippen molar-refractivity contribution in [2.45, 2.75) is 11.4 Å². The number of ether oxygens (including phenoxy) is 2. The van der Waals surface area contributed by atoms with E-state index in [-0.39, 0.29) is 5.09 Å². The summed E-state index contributed by atoms with van der Waals surface area (Å²) < 4.78 is 36.4. The van der Waals surface area contributed by atoms with E-state index in [1.165, 1.54) is 24.9 Å². The van der Waals surface area contributed by atoms with Crippen LogP contribution in [-0.4, -0.2) is 8.42 Å². The van der Waals surface area contributed by atoms with Gasteiger partial charge in [-0.25, -0.2) is 13.6 Å². The van der Waals surface area contributed by atoms with Gasteiger partial charge in [0.25, 0.3) is 16.3 Å². The summed E-state index contributed by atoms with van der Waals surface area (Å²) in [6.45, 7) is 0. The zero-order valence-electron chi connectivity index (χ0n) is 6.91. The van der Waals surface area contributed by atoms with E-state index in [1.54, 1.807) is 0 Å². The lowest BCUT2D eigenvalue weighted by Gasteiger charge is -2.05. The van der Waals surface area contributed by atoms with Crippen molar-refractivity contribution in [3.63, 3.8) is 0 Å². The van der Waals surface area contributed by atoms with Gasteiger partial charge in [0.05, 0.1) is 5.56 Å². The van der Waals surface area contributed by atoms with Gasteiger partial charge in [0.15, 0.2) is 0 Å². The number of nitrogens with two attached hydrogens (primary N) is 1. The topological polar surface area (TPSA) is 91.8 Å². The summed E-state index contributed by atoms with van der Waals surface area (Å²) in [7, 11) is -3.81. The average Bonchev–Trinajstić information content (AvgIpc) is 2.73. The van der Waals surface area contributed by atoms with Gasteiger partial charge in [-0.1, -0.05) is 0 Å². The summed E-state index contributed by atoms with van der Waals surface area (Å²) >= 11 is 0. The van der Waals surface area contributed by atoms with Crippen molar-refractivity contribution in [2.24, 2.45) is 5.14 Å². The van der Waals surface area contributed by atoms with Crippen LogP contribution in [0, 0.1) is 0 Å². The van der Waals surface area contributed by atoms with Crippen LogP contribution in [0.4, 0.5) is 0 Å². The predicted molar refractivity (Wildman–Crippen MR) is 44.1 cm³/mol. The van der Waals surface area contributed by atoms with Crippen LogP contribution in [0.5, 0.6) is 0 Å². The third kappa shape index (κ3) is 1.59. The van der Waals surface area contributed by atoms with E-state index in [0.29, 0.717) is 5.56 Å². The maximum Gasteiger partial charge on any atom is 0.271 e. The van der Waals surface area contributed by atoms with E-state index in [9.17, 15) is 8.42 Å². The summed E-state index contributed by atoms with van der Waals surface area (Å²) in [4.78, 5) is 0. The zero-order valence-corrected chi connectivity index (χ0v) is 7.73. The molecule has 0 unspecified atom stereocenters. The molecule has 0 saturated carbocycles. The highest BCUT2D eigenvalue weighted by Crippen LogP contribution is 2.26. The van der Waals surface area contributed by atoms with Crippen LogP contribution in [-0.2, 0) is 19.5 Å². The Balaban J connectivity index is 2.26. The number of primary sulfonamides is 1. The van der Waals surface area contributed by atoms with Crippen molar-refractivity contribution in [3.05, 3.63) is 30.4 Å². The molecule has 2 N–H and O–H groups in total. The molecule has 2 heterocycles. The number of sulfonamides is 1. The molecule has 0 atom stereocenters. The van der Waals surface area contributed by atoms with Crippen molar-refractivity contribution < 1.29 is 22.3 Å². The minimum Gasteiger partial charge on any atom is -0.455 e. The summed E-state index contributed by atoms with van der Waals surface area (Å²) in [5.74, 6) is 0. The Bertz CT molecular complexity index is 452. The first-order valence-corrected chi connectivity index (χ1v) is 5.19. The van der Waals surface area contributed by atoms with E-state index in [4.69, 9.17) is 19.0 Å². The lowest BCUT2D eigenvalue weighted by molar-refractivity contribution is -0.0249. The zero-order chi connectivity index (χ0) is 10.2. The molecule has 0 bridgehead atoms. The van der Waals surface area contributed by atoms with Crippen LogP contribution in [0.25, 0.3) is 0 Å². The molecule has 0 amide bonds. The molecular formula is C7H7NO5S. The molecule has 6 nitrogen and oxygen atoms in total. The van der Waals surface area contributed by atoms with E-state index < -0.39 is 16.3 Å². The largest absolute Gasteiger partial charge is 0.455 e. The molecule has 76 valence electrons. The third-order valence-electron chi connectivity index (χ3n) is 1.61. The molecule has 7 heteroatoms. The summed E-state index contributed by atoms with van der Waals surface area (Å²) in [5.41, 5.74) is 0.457. The van der Waals surface area contributed by atoms with Crippen LogP contribution < -0.4 is 5.14 Å². The maximum atomic E-state index is 10.8. The fraction of sp³-hybridized carbons (Fsp3) is 0.143. The molecule has 2 rings (SSSR count). The highest BCUT2D eigenvalue weighted by Gasteiger charge is 2.21. The number of furan rings is 1. The van der Waals surface area contributed by atoms with Crippen molar-refractivity contribution in [1.82, 2.24) is 0 Å². The van der Waals surface area contributed by atoms with Gasteiger partial charge in [0.1, 0.15) is 18.8 Å². The fourth-order valence-electron chi connectivity index (χ4n) is 0.999. The predicted octanol–water partition coefficient (Wildman–Crippen LogP) is 0.444. The van der Waals surface area contributed by atoms with Gasteiger partial charge in [-0.15, -0.1) is 0 Å². The number of rotatable bonds is 2. The molecule has 1 aromatic heterocycles. The lowest BCUT2D eigenvalue weighted by Crippen LogP contribution is -2.10. The number of hydrogen-bond acceptors (Lipinski definition) is 5. The Labute approximate surface area is 80.0 Å². The van der Waals surface area contributed by atoms with Gasteiger partial charge < -0.3 is 13.9 Å². The Morgan fingerprint density at radius 2 is 1.93 bits per heavy atom. The Morgan fingerprint density at radius 3 is 2.43 bits per heavy atom. The van der Waals surface area contributed by atoms with E-state index in [0.717, 1.165) is 0 Å². The minimum absolute atomic E-state index is 0.313. The fourth-order valence-corrected chi connectivity index (χ4v) is 1.48. The van der Waals surface area contributed by atoms with Crippen LogP contribution >= 0.6 is 0 Å². The van der Waals surface area contributed by atoms with Crippen molar-refractivity contribution >= 4 is 10.0 Å². The Kier molecular flexibility index (Phi) is 1.97. The van der Waals surface area contributed by atoms with E-state index >= 15 is 0 Å². The smallest absolute Gasteiger partial charge is 0.271 e. The van der Waals surface area contributed by atoms with Crippen molar-refractivity contribution in [3.8, 4) is 0 Å². The maximum absolute atomic E-state index is 10.8. The molecule has 0 spiro atoms. The van der Waals surface area contributed by atoms with Crippen molar-refractivity contribution in [1.29, 1.82) is 0 Å². The molecule has 0 aliphatic carbocycles. The molecule has 1 aromatic rings. The second kappa shape index (κ2) is 3.03. The second-order valence-corrected chi connectivity index (χ2v) is 4.11. The standard InChI is InChI=1S/C7H7NO5S/c8-14(9,10)6-3-5(4-13-6)7-11-1-2-12-7/h1-4,7H,(H2,8,9,10). The lowest BCUT2D eigenvalue weighted by atomic mass is 10.3. The van der Waals surface area contributed by atoms with E-state index in [2.05, 4.69) is 0 Å². The molecule has 14 heavy (non-hydrogen) atoms. The molecule has 0 fully saturated rings. The van der Waals surface area contributed by atoms with Gasteiger partial charge in [-0.2, -0.15) is 0 Å². The minimum atomic E-state index is -3.81. The highest BCUT2D eigenvalue weighted by atomic mass is 32.2. The van der Waals surface area contributed by atoms with Gasteiger partial charge >= 0.3 is 0 Å². The van der Waals surface area contributed by atoms with Gasteiger partial charge in [0.2, 0.25) is 5.09 Å². The first-order valence-electron chi connectivity index (χ1n) is 3.64. The first kappa shape index (κ1) is 9.10. The normalized spacial score (nSPS) is 16.6. The van der Waals surface area contributed by atoms with Crippen LogP contribution in [0.2, 0.25) is 0 Å². The summed E-state index contributed by atoms with van der Waals surface area (Å²) in [5, 5.41) is 4.54. The SMILES string of the molecule is NS(=O)(=O)c1cc(C2OC=CO2)co1. The number of hydrogen-bond donors (Lipinski definition) is 1. The van der Waals surface area contributed by atoms with Crippen LogP contribution in [0.1, 0.15) is 11.9 Å². The van der Waals surface area contributed by atoms with Crippen LogP contribution in [0.3, 0.4) is 0 Å². The highest BCUT2D eigenvalue weighted by molar-refractivity contribution is 7.89. The van der Waals surface area contributed by atoms with Crippen molar-refractivity contribution in [2.75, 3.05) is 0 Å². The molecule has 0 aromatic carbocycles. The Morgan fingerprint density at radius 1 is 1.29 bits per heavy atom. The first-order chi connectivity index (χ1) is 6.57. The quantitative estimate of drug-likeness (QED) is 0.776. The second-order valence-electron chi connectivity index (χ2n) is 2.62. The molecule has 0 saturated heterocycles. The monoisotopic (exact) mass is 217 g/mol. The molecular weight excluding hydrogens is 210 g/mol. The van der Waals surface area contributed by atoms with Gasteiger partial charge in [-0.05, 0) is 0 Å². The third-order valence-corrected chi connectivity index (χ3v) is 2.38. The molecule has 1 aliphatic rings. The van der Waals surface area contributed by atoms with Crippen LogP contribution in [0.15, 0.2) is 34.4 Å². The van der Waals surface area contributed by atoms with Gasteiger partial charge in [-0.3, -0.25) is 0 Å². The molecule has 1 aliphatic heterocycles.